The summed E-state index contributed by atoms with van der Waals surface area (Å²) in [7, 11) is 0. The van der Waals surface area contributed by atoms with Gasteiger partial charge >= 0.3 is 0 Å². The van der Waals surface area contributed by atoms with Crippen LogP contribution in [0, 0.1) is 17.8 Å². The highest BCUT2D eigenvalue weighted by atomic mass is 35.5. The van der Waals surface area contributed by atoms with E-state index in [9.17, 15) is 0 Å². The maximum atomic E-state index is 5.87. The van der Waals surface area contributed by atoms with E-state index < -0.39 is 0 Å². The highest BCUT2D eigenvalue weighted by Gasteiger charge is 2.50. The molecule has 2 N–H and O–H groups in total. The van der Waals surface area contributed by atoms with E-state index in [1.807, 2.05) is 0 Å². The SMILES string of the molecule is Cl.NC(CS)=NC12CC3CC(CC(C3)C1)C2. The minimum atomic E-state index is 0. The zero-order valence-corrected chi connectivity index (χ0v) is 11.3. The van der Waals surface area contributed by atoms with E-state index in [0.29, 0.717) is 5.75 Å². The van der Waals surface area contributed by atoms with Crippen molar-refractivity contribution < 1.29 is 0 Å². The van der Waals surface area contributed by atoms with Gasteiger partial charge in [-0.05, 0) is 56.3 Å². The normalized spacial score (nSPS) is 45.6. The molecule has 0 aromatic rings. The van der Waals surface area contributed by atoms with E-state index >= 15 is 0 Å². The molecule has 4 bridgehead atoms. The van der Waals surface area contributed by atoms with Gasteiger partial charge in [-0.25, -0.2) is 0 Å². The molecule has 0 aromatic carbocycles. The molecule has 2 nitrogen and oxygen atoms in total. The van der Waals surface area contributed by atoms with Gasteiger partial charge in [0.1, 0.15) is 5.84 Å². The van der Waals surface area contributed by atoms with Crippen LogP contribution in [0.4, 0.5) is 0 Å². The smallest absolute Gasteiger partial charge is 0.104 e. The van der Waals surface area contributed by atoms with Gasteiger partial charge in [-0.2, -0.15) is 12.6 Å². The molecule has 4 aliphatic rings. The summed E-state index contributed by atoms with van der Waals surface area (Å²) < 4.78 is 0. The van der Waals surface area contributed by atoms with Crippen LogP contribution in [0.2, 0.25) is 0 Å². The Morgan fingerprint density at radius 3 is 1.94 bits per heavy atom. The predicted molar refractivity (Wildman–Crippen MR) is 73.6 cm³/mol. The van der Waals surface area contributed by atoms with E-state index in [2.05, 4.69) is 12.6 Å². The van der Waals surface area contributed by atoms with Crippen LogP contribution in [-0.4, -0.2) is 17.1 Å². The molecule has 0 unspecified atom stereocenters. The molecule has 0 spiro atoms. The van der Waals surface area contributed by atoms with Gasteiger partial charge in [-0.1, -0.05) is 0 Å². The zero-order valence-electron chi connectivity index (χ0n) is 9.56. The zero-order chi connectivity index (χ0) is 10.5. The molecule has 0 heterocycles. The van der Waals surface area contributed by atoms with E-state index in [4.69, 9.17) is 10.7 Å². The lowest BCUT2D eigenvalue weighted by Crippen LogP contribution is -2.50. The maximum Gasteiger partial charge on any atom is 0.104 e. The van der Waals surface area contributed by atoms with Gasteiger partial charge in [-0.3, -0.25) is 4.99 Å². The Hall–Kier alpha value is 0.110. The molecule has 0 radical (unpaired) electrons. The van der Waals surface area contributed by atoms with Crippen molar-refractivity contribution in [2.45, 2.75) is 44.1 Å². The summed E-state index contributed by atoms with van der Waals surface area (Å²) in [6.07, 6.45) is 8.30. The summed E-state index contributed by atoms with van der Waals surface area (Å²) in [5, 5.41) is 0. The van der Waals surface area contributed by atoms with Gasteiger partial charge in [0.15, 0.2) is 0 Å². The fraction of sp³-hybridized carbons (Fsp3) is 0.917. The van der Waals surface area contributed by atoms with Gasteiger partial charge in [-0.15, -0.1) is 12.4 Å². The first-order valence-corrected chi connectivity index (χ1v) is 6.77. The minimum Gasteiger partial charge on any atom is -0.387 e. The molecule has 16 heavy (non-hydrogen) atoms. The lowest BCUT2D eigenvalue weighted by atomic mass is 9.53. The number of amidine groups is 1. The Morgan fingerprint density at radius 1 is 1.12 bits per heavy atom. The number of hydrogen-bond acceptors (Lipinski definition) is 2. The van der Waals surface area contributed by atoms with Crippen molar-refractivity contribution >= 4 is 30.9 Å². The fourth-order valence-corrected chi connectivity index (χ4v) is 4.61. The van der Waals surface area contributed by atoms with Crippen molar-refractivity contribution in [3.05, 3.63) is 0 Å². The fourth-order valence-electron chi connectivity index (χ4n) is 4.54. The van der Waals surface area contributed by atoms with Crippen molar-refractivity contribution in [3.63, 3.8) is 0 Å². The first kappa shape index (κ1) is 12.6. The maximum absolute atomic E-state index is 5.87. The molecule has 0 saturated heterocycles. The van der Waals surface area contributed by atoms with Gasteiger partial charge in [0.25, 0.3) is 0 Å². The largest absolute Gasteiger partial charge is 0.387 e. The Labute approximate surface area is 109 Å². The van der Waals surface area contributed by atoms with E-state index in [1.165, 1.54) is 38.5 Å². The molecule has 4 fully saturated rings. The predicted octanol–water partition coefficient (Wildman–Crippen LogP) is 2.66. The Balaban J connectivity index is 0.000000963. The van der Waals surface area contributed by atoms with Crippen LogP contribution in [0.3, 0.4) is 0 Å². The van der Waals surface area contributed by atoms with Crippen LogP contribution in [0.25, 0.3) is 0 Å². The second kappa shape index (κ2) is 4.41. The lowest BCUT2D eigenvalue weighted by Gasteiger charge is -2.55. The Bertz CT molecular complexity index is 268. The summed E-state index contributed by atoms with van der Waals surface area (Å²) in [6.45, 7) is 0. The van der Waals surface area contributed by atoms with Crippen LogP contribution in [0.5, 0.6) is 0 Å². The molecular weight excluding hydrogens is 240 g/mol. The van der Waals surface area contributed by atoms with Crippen LogP contribution in [0.15, 0.2) is 4.99 Å². The van der Waals surface area contributed by atoms with Gasteiger partial charge in [0.2, 0.25) is 0 Å². The molecule has 4 aliphatic carbocycles. The number of nitrogens with zero attached hydrogens (tertiary/aromatic N) is 1. The first-order valence-electron chi connectivity index (χ1n) is 6.14. The molecule has 0 aromatic heterocycles. The summed E-state index contributed by atoms with van der Waals surface area (Å²) in [5.41, 5.74) is 6.11. The summed E-state index contributed by atoms with van der Waals surface area (Å²) in [4.78, 5) is 4.81. The Kier molecular flexibility index (Phi) is 3.47. The third kappa shape index (κ3) is 2.08. The highest BCUT2D eigenvalue weighted by Crippen LogP contribution is 2.57. The average Bonchev–Trinajstić information content (AvgIpc) is 2.14. The van der Waals surface area contributed by atoms with Gasteiger partial charge in [0, 0.05) is 5.75 Å². The van der Waals surface area contributed by atoms with Crippen LogP contribution >= 0.6 is 25.0 Å². The minimum absolute atomic E-state index is 0. The van der Waals surface area contributed by atoms with E-state index in [-0.39, 0.29) is 17.9 Å². The third-order valence-corrected chi connectivity index (χ3v) is 4.87. The molecular formula is C12H21ClN2S. The molecule has 0 aliphatic heterocycles. The summed E-state index contributed by atoms with van der Waals surface area (Å²) in [6, 6.07) is 0. The number of hydrogen-bond donors (Lipinski definition) is 2. The summed E-state index contributed by atoms with van der Waals surface area (Å²) in [5.74, 6) is 4.22. The molecule has 0 amide bonds. The second-order valence-electron chi connectivity index (χ2n) is 5.90. The molecule has 92 valence electrons. The van der Waals surface area contributed by atoms with Crippen LogP contribution in [0.1, 0.15) is 38.5 Å². The number of aliphatic imine (C=N–C) groups is 1. The average molecular weight is 261 g/mol. The number of nitrogens with two attached hydrogens (primary N) is 1. The number of thiol groups is 1. The lowest BCUT2D eigenvalue weighted by molar-refractivity contribution is 0.00163. The second-order valence-corrected chi connectivity index (χ2v) is 6.22. The van der Waals surface area contributed by atoms with Gasteiger partial charge < -0.3 is 5.73 Å². The van der Waals surface area contributed by atoms with Crippen molar-refractivity contribution in [3.8, 4) is 0 Å². The standard InChI is InChI=1S/C12H20N2S.ClH/c13-11(7-15)14-12-4-8-1-9(5-12)3-10(2-8)6-12;/h8-10,15H,1-7H2,(H2,13,14);1H. The van der Waals surface area contributed by atoms with Crippen molar-refractivity contribution in [2.24, 2.45) is 28.5 Å². The summed E-state index contributed by atoms with van der Waals surface area (Å²) >= 11 is 4.21. The Morgan fingerprint density at radius 2 is 1.56 bits per heavy atom. The van der Waals surface area contributed by atoms with Gasteiger partial charge in [0.05, 0.1) is 5.54 Å². The highest BCUT2D eigenvalue weighted by molar-refractivity contribution is 7.81. The molecule has 4 saturated carbocycles. The molecule has 4 heteroatoms. The number of halogens is 1. The topological polar surface area (TPSA) is 38.4 Å². The van der Waals surface area contributed by atoms with E-state index in [1.54, 1.807) is 0 Å². The van der Waals surface area contributed by atoms with Crippen LogP contribution in [-0.2, 0) is 0 Å². The quantitative estimate of drug-likeness (QED) is 0.447. The monoisotopic (exact) mass is 260 g/mol. The van der Waals surface area contributed by atoms with Crippen molar-refractivity contribution in [2.75, 3.05) is 5.75 Å². The van der Waals surface area contributed by atoms with Crippen molar-refractivity contribution in [1.29, 1.82) is 0 Å². The molecule has 0 atom stereocenters. The van der Waals surface area contributed by atoms with Crippen molar-refractivity contribution in [1.82, 2.24) is 0 Å². The number of rotatable bonds is 2. The van der Waals surface area contributed by atoms with E-state index in [0.717, 1.165) is 23.6 Å². The molecule has 4 rings (SSSR count). The third-order valence-electron chi connectivity index (χ3n) is 4.55. The first-order chi connectivity index (χ1) is 7.19. The van der Waals surface area contributed by atoms with Crippen LogP contribution < -0.4 is 5.73 Å².